The van der Waals surface area contributed by atoms with Crippen LogP contribution in [-0.4, -0.2) is 37.9 Å². The predicted molar refractivity (Wildman–Crippen MR) is 109 cm³/mol. The molecule has 0 aromatic heterocycles. The first-order valence-electron chi connectivity index (χ1n) is 9.26. The number of thioether (sulfide) groups is 1. The smallest absolute Gasteiger partial charge is 0.203 e. The molecule has 1 unspecified atom stereocenters. The number of aliphatic imine (C=N–C) groups is 1. The van der Waals surface area contributed by atoms with E-state index in [0.29, 0.717) is 29.2 Å². The molecule has 3 rings (SSSR count). The Bertz CT molecular complexity index is 860. The maximum Gasteiger partial charge on any atom is 0.203 e. The first-order chi connectivity index (χ1) is 13.6. The number of nitriles is 1. The number of allylic oxidation sites excluding steroid dienone is 2. The normalized spacial score (nSPS) is 21.5. The molecule has 2 atom stereocenters. The highest BCUT2D eigenvalue weighted by atomic mass is 32.2. The number of carbonyl (C=O) groups is 1. The molecule has 0 bridgehead atoms. The number of rotatable bonds is 5. The molecule has 0 spiro atoms. The summed E-state index contributed by atoms with van der Waals surface area (Å²) in [7, 11) is 4.66. The zero-order valence-corrected chi connectivity index (χ0v) is 17.4. The lowest BCUT2D eigenvalue weighted by Crippen LogP contribution is -2.30. The van der Waals surface area contributed by atoms with Crippen LogP contribution in [-0.2, 0) is 4.79 Å². The number of benzene rings is 1. The van der Waals surface area contributed by atoms with E-state index in [1.54, 1.807) is 33.1 Å². The van der Waals surface area contributed by atoms with E-state index in [1.165, 1.54) is 0 Å². The van der Waals surface area contributed by atoms with Gasteiger partial charge in [-0.3, -0.25) is 4.79 Å². The molecule has 6 nitrogen and oxygen atoms in total. The van der Waals surface area contributed by atoms with Crippen LogP contribution in [0.3, 0.4) is 0 Å². The second-order valence-electron chi connectivity index (χ2n) is 6.56. The highest BCUT2D eigenvalue weighted by Crippen LogP contribution is 2.48. The van der Waals surface area contributed by atoms with Crippen molar-refractivity contribution < 1.29 is 19.0 Å². The Labute approximate surface area is 169 Å². The summed E-state index contributed by atoms with van der Waals surface area (Å²) in [5, 5.41) is 10.8. The third-order valence-corrected chi connectivity index (χ3v) is 5.99. The van der Waals surface area contributed by atoms with Gasteiger partial charge in [-0.15, -0.1) is 11.8 Å². The van der Waals surface area contributed by atoms with Crippen LogP contribution in [0.4, 0.5) is 0 Å². The van der Waals surface area contributed by atoms with Crippen LogP contribution in [0.2, 0.25) is 0 Å². The van der Waals surface area contributed by atoms with E-state index in [1.807, 2.05) is 19.1 Å². The van der Waals surface area contributed by atoms with Crippen molar-refractivity contribution >= 4 is 22.6 Å². The highest BCUT2D eigenvalue weighted by Gasteiger charge is 2.41. The quantitative estimate of drug-likeness (QED) is 0.740. The fourth-order valence-electron chi connectivity index (χ4n) is 3.87. The third kappa shape index (κ3) is 3.49. The average Bonchev–Trinajstić information content (AvgIpc) is 2.72. The molecule has 0 amide bonds. The van der Waals surface area contributed by atoms with Crippen molar-refractivity contribution in [3.05, 3.63) is 29.0 Å². The first-order valence-corrected chi connectivity index (χ1v) is 10.2. The third-order valence-electron chi connectivity index (χ3n) is 5.06. The number of carbonyl (C=O) groups excluding carboxylic acids is 1. The number of ether oxygens (including phenoxy) is 3. The molecule has 2 aliphatic rings. The minimum absolute atomic E-state index is 0.0737. The number of hydrogen-bond donors (Lipinski definition) is 0. The topological polar surface area (TPSA) is 80.9 Å². The molecule has 28 heavy (non-hydrogen) atoms. The first kappa shape index (κ1) is 20.3. The minimum atomic E-state index is -0.520. The summed E-state index contributed by atoms with van der Waals surface area (Å²) in [6, 6.07) is 6.07. The molecule has 0 saturated heterocycles. The minimum Gasteiger partial charge on any atom is -0.493 e. The summed E-state index contributed by atoms with van der Waals surface area (Å²) >= 11 is 1.56. The van der Waals surface area contributed by atoms with Crippen LogP contribution in [0.5, 0.6) is 17.2 Å². The van der Waals surface area contributed by atoms with Gasteiger partial charge in [-0.2, -0.15) is 5.26 Å². The van der Waals surface area contributed by atoms with E-state index in [0.717, 1.165) is 34.9 Å². The van der Waals surface area contributed by atoms with Gasteiger partial charge in [0.25, 0.3) is 0 Å². The second-order valence-corrected chi connectivity index (χ2v) is 7.85. The van der Waals surface area contributed by atoms with Gasteiger partial charge in [-0.05, 0) is 36.3 Å². The van der Waals surface area contributed by atoms with Crippen molar-refractivity contribution in [1.82, 2.24) is 0 Å². The van der Waals surface area contributed by atoms with E-state index in [4.69, 9.17) is 19.2 Å². The Kier molecular flexibility index (Phi) is 6.30. The van der Waals surface area contributed by atoms with Gasteiger partial charge < -0.3 is 14.2 Å². The number of hydrogen-bond acceptors (Lipinski definition) is 7. The molecular formula is C21H24N2O4S. The number of methoxy groups -OCH3 is 3. The van der Waals surface area contributed by atoms with Crippen LogP contribution in [0.15, 0.2) is 28.4 Å². The highest BCUT2D eigenvalue weighted by molar-refractivity contribution is 8.14. The van der Waals surface area contributed by atoms with Crippen LogP contribution in [0, 0.1) is 17.2 Å². The Morgan fingerprint density at radius 2 is 1.86 bits per heavy atom. The van der Waals surface area contributed by atoms with E-state index in [9.17, 15) is 10.1 Å². The Hall–Kier alpha value is -2.46. The van der Waals surface area contributed by atoms with E-state index in [2.05, 4.69) is 6.07 Å². The van der Waals surface area contributed by atoms with Gasteiger partial charge in [-0.25, -0.2) is 4.99 Å². The molecule has 0 saturated carbocycles. The van der Waals surface area contributed by atoms with Crippen LogP contribution in [0.1, 0.15) is 37.7 Å². The summed E-state index contributed by atoms with van der Waals surface area (Å²) in [5.74, 6) is 1.47. The molecule has 148 valence electrons. The summed E-state index contributed by atoms with van der Waals surface area (Å²) in [6.07, 6.45) is 2.04. The van der Waals surface area contributed by atoms with Crippen LogP contribution >= 0.6 is 11.8 Å². The maximum absolute atomic E-state index is 12.8. The molecule has 1 aromatic rings. The number of ketones is 1. The SMILES string of the molecule is CCSC1=NC2=C(C(=O)CCC2)[C@@H](c2cc(OC)c(OC)c(OC)c2)C1C#N. The maximum atomic E-state index is 12.8. The van der Waals surface area contributed by atoms with Crippen molar-refractivity contribution in [3.8, 4) is 23.3 Å². The van der Waals surface area contributed by atoms with Gasteiger partial charge in [0.1, 0.15) is 5.92 Å². The predicted octanol–water partition coefficient (Wildman–Crippen LogP) is 4.11. The van der Waals surface area contributed by atoms with Gasteiger partial charge in [0.05, 0.1) is 32.4 Å². The Morgan fingerprint density at radius 3 is 2.39 bits per heavy atom. The summed E-state index contributed by atoms with van der Waals surface area (Å²) in [5.41, 5.74) is 2.28. The summed E-state index contributed by atoms with van der Waals surface area (Å²) < 4.78 is 16.4. The Morgan fingerprint density at radius 1 is 1.18 bits per heavy atom. The van der Waals surface area contributed by atoms with Crippen LogP contribution in [0.25, 0.3) is 0 Å². The fraction of sp³-hybridized carbons (Fsp3) is 0.476. The molecule has 1 heterocycles. The molecule has 1 aromatic carbocycles. The van der Waals surface area contributed by atoms with Crippen molar-refractivity contribution in [1.29, 1.82) is 5.26 Å². The molecule has 7 heteroatoms. The van der Waals surface area contributed by atoms with Gasteiger partial charge in [0.15, 0.2) is 17.3 Å². The van der Waals surface area contributed by atoms with Crippen LogP contribution < -0.4 is 14.2 Å². The lowest BCUT2D eigenvalue weighted by molar-refractivity contribution is -0.116. The van der Waals surface area contributed by atoms with Crippen molar-refractivity contribution in [2.45, 2.75) is 32.1 Å². The van der Waals surface area contributed by atoms with Crippen molar-refractivity contribution in [2.24, 2.45) is 10.9 Å². The summed E-state index contributed by atoms with van der Waals surface area (Å²) in [6.45, 7) is 2.03. The van der Waals surface area contributed by atoms with Gasteiger partial charge >= 0.3 is 0 Å². The van der Waals surface area contributed by atoms with Gasteiger partial charge in [-0.1, -0.05) is 6.92 Å². The Balaban J connectivity index is 2.23. The standard InChI is InChI=1S/C21H24N2O4S/c1-5-28-21-13(11-22)18(19-14(23-21)7-6-8-15(19)24)12-9-16(25-2)20(27-4)17(10-12)26-3/h9-10,13,18H,5-8H2,1-4H3/t13?,18-/m0/s1. The lowest BCUT2D eigenvalue weighted by Gasteiger charge is -2.33. The molecular weight excluding hydrogens is 376 g/mol. The number of Topliss-reactive ketones (excluding diaryl/α,β-unsaturated/α-hetero) is 1. The van der Waals surface area contributed by atoms with Gasteiger partial charge in [0.2, 0.25) is 5.75 Å². The fourth-order valence-corrected chi connectivity index (χ4v) is 4.71. The monoisotopic (exact) mass is 400 g/mol. The van der Waals surface area contributed by atoms with E-state index >= 15 is 0 Å². The van der Waals surface area contributed by atoms with Crippen molar-refractivity contribution in [2.75, 3.05) is 27.1 Å². The van der Waals surface area contributed by atoms with Crippen molar-refractivity contribution in [3.63, 3.8) is 0 Å². The lowest BCUT2D eigenvalue weighted by atomic mass is 9.74. The van der Waals surface area contributed by atoms with E-state index < -0.39 is 11.8 Å². The second kappa shape index (κ2) is 8.70. The zero-order chi connectivity index (χ0) is 20.3. The zero-order valence-electron chi connectivity index (χ0n) is 16.6. The number of nitrogens with zero attached hydrogens (tertiary/aromatic N) is 2. The molecule has 0 radical (unpaired) electrons. The molecule has 0 fully saturated rings. The molecule has 1 aliphatic carbocycles. The molecule has 0 N–H and O–H groups in total. The van der Waals surface area contributed by atoms with E-state index in [-0.39, 0.29) is 5.78 Å². The average molecular weight is 401 g/mol. The van der Waals surface area contributed by atoms with Gasteiger partial charge in [0, 0.05) is 23.6 Å². The largest absolute Gasteiger partial charge is 0.493 e. The molecule has 1 aliphatic heterocycles. The summed E-state index contributed by atoms with van der Waals surface area (Å²) in [4.78, 5) is 17.6.